The Morgan fingerprint density at radius 1 is 1.24 bits per heavy atom. The number of nitrogens with one attached hydrogen (secondary N) is 1. The standard InChI is InChI=1S/C17H19ClN4O3/c18-12-8-11(9-13-16(12)25-10-24-13)17(23)19-6-5-15-21-20-14-4-2-1-3-7-22(14)15/h8-9H,1-7,10H2,(H,19,23). The number of halogens is 1. The lowest BCUT2D eigenvalue weighted by atomic mass is 10.2. The zero-order valence-corrected chi connectivity index (χ0v) is 14.5. The second kappa shape index (κ2) is 6.92. The number of rotatable bonds is 4. The van der Waals surface area contributed by atoms with Gasteiger partial charge in [0.1, 0.15) is 11.6 Å². The van der Waals surface area contributed by atoms with E-state index in [4.69, 9.17) is 21.1 Å². The van der Waals surface area contributed by atoms with Crippen molar-refractivity contribution in [1.29, 1.82) is 0 Å². The summed E-state index contributed by atoms with van der Waals surface area (Å²) in [5.41, 5.74) is 0.453. The zero-order chi connectivity index (χ0) is 17.2. The topological polar surface area (TPSA) is 78.3 Å². The van der Waals surface area contributed by atoms with Gasteiger partial charge in [-0.1, -0.05) is 18.0 Å². The molecule has 2 aliphatic heterocycles. The van der Waals surface area contributed by atoms with Crippen LogP contribution in [0.3, 0.4) is 0 Å². The number of hydrogen-bond donors (Lipinski definition) is 1. The van der Waals surface area contributed by atoms with Crippen LogP contribution in [0.1, 0.15) is 41.3 Å². The molecule has 132 valence electrons. The monoisotopic (exact) mass is 362 g/mol. The first-order chi connectivity index (χ1) is 12.2. The molecule has 2 aromatic rings. The van der Waals surface area contributed by atoms with Crippen molar-refractivity contribution in [3.05, 3.63) is 34.4 Å². The fraction of sp³-hybridized carbons (Fsp3) is 0.471. The van der Waals surface area contributed by atoms with Gasteiger partial charge >= 0.3 is 0 Å². The minimum absolute atomic E-state index is 0.123. The van der Waals surface area contributed by atoms with E-state index in [0.29, 0.717) is 35.1 Å². The molecule has 0 bridgehead atoms. The number of aryl methyl sites for hydroxylation is 1. The summed E-state index contributed by atoms with van der Waals surface area (Å²) in [4.78, 5) is 12.4. The van der Waals surface area contributed by atoms with Crippen LogP contribution >= 0.6 is 11.6 Å². The van der Waals surface area contributed by atoms with Gasteiger partial charge in [-0.2, -0.15) is 0 Å². The van der Waals surface area contributed by atoms with Gasteiger partial charge in [-0.05, 0) is 25.0 Å². The van der Waals surface area contributed by atoms with Crippen LogP contribution in [0.2, 0.25) is 5.02 Å². The van der Waals surface area contributed by atoms with E-state index in [1.807, 2.05) is 0 Å². The number of fused-ring (bicyclic) bond motifs is 2. The summed E-state index contributed by atoms with van der Waals surface area (Å²) < 4.78 is 12.7. The van der Waals surface area contributed by atoms with Crippen molar-refractivity contribution in [3.8, 4) is 11.5 Å². The largest absolute Gasteiger partial charge is 0.454 e. The Kier molecular flexibility index (Phi) is 4.48. The fourth-order valence-corrected chi connectivity index (χ4v) is 3.48. The van der Waals surface area contributed by atoms with E-state index in [1.54, 1.807) is 12.1 Å². The predicted molar refractivity (Wildman–Crippen MR) is 91.2 cm³/mol. The van der Waals surface area contributed by atoms with Gasteiger partial charge in [0.25, 0.3) is 5.91 Å². The number of amides is 1. The van der Waals surface area contributed by atoms with E-state index in [2.05, 4.69) is 20.1 Å². The molecule has 0 atom stereocenters. The maximum Gasteiger partial charge on any atom is 0.251 e. The lowest BCUT2D eigenvalue weighted by molar-refractivity contribution is 0.0953. The highest BCUT2D eigenvalue weighted by Gasteiger charge is 2.21. The molecule has 3 heterocycles. The quantitative estimate of drug-likeness (QED) is 0.903. The fourth-order valence-electron chi connectivity index (χ4n) is 3.22. The van der Waals surface area contributed by atoms with Crippen molar-refractivity contribution in [2.24, 2.45) is 0 Å². The molecular formula is C17H19ClN4O3. The summed E-state index contributed by atoms with van der Waals surface area (Å²) in [6.45, 7) is 1.57. The molecule has 25 heavy (non-hydrogen) atoms. The number of hydrogen-bond acceptors (Lipinski definition) is 5. The van der Waals surface area contributed by atoms with Crippen LogP contribution in [0, 0.1) is 0 Å². The van der Waals surface area contributed by atoms with Gasteiger partial charge in [-0.25, -0.2) is 0 Å². The van der Waals surface area contributed by atoms with Crippen LogP contribution in [0.4, 0.5) is 0 Å². The highest BCUT2D eigenvalue weighted by Crippen LogP contribution is 2.39. The third kappa shape index (κ3) is 3.28. The molecule has 0 aliphatic carbocycles. The molecule has 0 unspecified atom stereocenters. The minimum Gasteiger partial charge on any atom is -0.454 e. The summed E-state index contributed by atoms with van der Waals surface area (Å²) in [5.74, 6) is 2.78. The van der Waals surface area contributed by atoms with Crippen molar-refractivity contribution in [2.75, 3.05) is 13.3 Å². The van der Waals surface area contributed by atoms with E-state index >= 15 is 0 Å². The molecule has 7 nitrogen and oxygen atoms in total. The van der Waals surface area contributed by atoms with E-state index in [9.17, 15) is 4.79 Å². The molecule has 0 fully saturated rings. The van der Waals surface area contributed by atoms with Gasteiger partial charge in [-0.15, -0.1) is 10.2 Å². The Labute approximate surface area is 150 Å². The van der Waals surface area contributed by atoms with Gasteiger partial charge in [0.05, 0.1) is 5.02 Å². The van der Waals surface area contributed by atoms with E-state index < -0.39 is 0 Å². The third-order valence-corrected chi connectivity index (χ3v) is 4.79. The number of ether oxygens (including phenoxy) is 2. The van der Waals surface area contributed by atoms with E-state index in [1.165, 1.54) is 12.8 Å². The Morgan fingerprint density at radius 2 is 2.16 bits per heavy atom. The molecule has 8 heteroatoms. The molecule has 4 rings (SSSR count). The maximum absolute atomic E-state index is 12.4. The number of carbonyl (C=O) groups is 1. The Hall–Kier alpha value is -2.28. The Bertz CT molecular complexity index is 805. The Balaban J connectivity index is 1.38. The number of nitrogens with zero attached hydrogens (tertiary/aromatic N) is 3. The lowest BCUT2D eigenvalue weighted by Crippen LogP contribution is -2.26. The van der Waals surface area contributed by atoms with Crippen LogP contribution in [0.15, 0.2) is 12.1 Å². The van der Waals surface area contributed by atoms with Crippen LogP contribution < -0.4 is 14.8 Å². The van der Waals surface area contributed by atoms with Crippen molar-refractivity contribution < 1.29 is 14.3 Å². The average Bonchev–Trinajstić information content (AvgIpc) is 3.16. The van der Waals surface area contributed by atoms with Crippen LogP contribution in [0.25, 0.3) is 0 Å². The molecule has 1 N–H and O–H groups in total. The van der Waals surface area contributed by atoms with Crippen molar-refractivity contribution in [3.63, 3.8) is 0 Å². The summed E-state index contributed by atoms with van der Waals surface area (Å²) in [7, 11) is 0. The lowest BCUT2D eigenvalue weighted by Gasteiger charge is -2.09. The van der Waals surface area contributed by atoms with Crippen LogP contribution in [-0.4, -0.2) is 34.0 Å². The number of benzene rings is 1. The van der Waals surface area contributed by atoms with Gasteiger partial charge in [0.15, 0.2) is 11.5 Å². The molecule has 0 saturated carbocycles. The molecule has 1 amide bonds. The second-order valence-electron chi connectivity index (χ2n) is 6.19. The molecule has 0 saturated heterocycles. The molecule has 2 aliphatic rings. The van der Waals surface area contributed by atoms with Gasteiger partial charge < -0.3 is 19.4 Å². The van der Waals surface area contributed by atoms with Gasteiger partial charge in [-0.3, -0.25) is 4.79 Å². The molecule has 1 aromatic carbocycles. The van der Waals surface area contributed by atoms with Gasteiger partial charge in [0.2, 0.25) is 6.79 Å². The summed E-state index contributed by atoms with van der Waals surface area (Å²) >= 11 is 6.12. The smallest absolute Gasteiger partial charge is 0.251 e. The third-order valence-electron chi connectivity index (χ3n) is 4.51. The maximum atomic E-state index is 12.4. The van der Waals surface area contributed by atoms with Crippen LogP contribution in [0.5, 0.6) is 11.5 Å². The Morgan fingerprint density at radius 3 is 3.08 bits per heavy atom. The highest BCUT2D eigenvalue weighted by molar-refractivity contribution is 6.32. The molecule has 0 radical (unpaired) electrons. The van der Waals surface area contributed by atoms with Crippen LogP contribution in [-0.2, 0) is 19.4 Å². The first kappa shape index (κ1) is 16.2. The van der Waals surface area contributed by atoms with Crippen molar-refractivity contribution in [1.82, 2.24) is 20.1 Å². The number of aromatic nitrogens is 3. The van der Waals surface area contributed by atoms with Gasteiger partial charge in [0, 0.05) is 31.5 Å². The highest BCUT2D eigenvalue weighted by atomic mass is 35.5. The van der Waals surface area contributed by atoms with Crippen molar-refractivity contribution in [2.45, 2.75) is 38.6 Å². The first-order valence-electron chi connectivity index (χ1n) is 8.50. The summed E-state index contributed by atoms with van der Waals surface area (Å²) in [5, 5.41) is 11.8. The normalized spacial score (nSPS) is 15.6. The molecule has 1 aromatic heterocycles. The second-order valence-corrected chi connectivity index (χ2v) is 6.60. The zero-order valence-electron chi connectivity index (χ0n) is 13.8. The van der Waals surface area contributed by atoms with Crippen molar-refractivity contribution >= 4 is 17.5 Å². The average molecular weight is 363 g/mol. The molecular weight excluding hydrogens is 344 g/mol. The minimum atomic E-state index is -0.198. The summed E-state index contributed by atoms with van der Waals surface area (Å²) in [6, 6.07) is 3.24. The predicted octanol–water partition coefficient (Wildman–Crippen LogP) is 2.36. The number of carbonyl (C=O) groups excluding carboxylic acids is 1. The van der Waals surface area contributed by atoms with E-state index in [-0.39, 0.29) is 12.7 Å². The summed E-state index contributed by atoms with van der Waals surface area (Å²) in [6.07, 6.45) is 5.18. The van der Waals surface area contributed by atoms with E-state index in [0.717, 1.165) is 31.0 Å². The molecule has 0 spiro atoms. The first-order valence-corrected chi connectivity index (χ1v) is 8.88. The SMILES string of the molecule is O=C(NCCc1nnc2n1CCCCC2)c1cc(Cl)c2c(c1)OCO2.